The SMILES string of the molecule is Cc1cc(C)cc(-c2ccc3c4ccccc4n(-c4ccc(-c5nc(-c6ccccc6)nc(-c6ccccc6)n5)cc4-c4nc(-c5ccccc5)nc(-c5ccccc5)n4)c3c2)c1. The van der Waals surface area contributed by atoms with Crippen LogP contribution < -0.4 is 0 Å². The molecule has 0 bridgehead atoms. The highest BCUT2D eigenvalue weighted by Crippen LogP contribution is 2.40. The van der Waals surface area contributed by atoms with Crippen LogP contribution in [0.3, 0.4) is 0 Å². The molecule has 7 heteroatoms. The highest BCUT2D eigenvalue weighted by Gasteiger charge is 2.22. The van der Waals surface area contributed by atoms with Gasteiger partial charge in [-0.2, -0.15) is 0 Å². The van der Waals surface area contributed by atoms with Crippen LogP contribution in [0.15, 0.2) is 200 Å². The zero-order chi connectivity index (χ0) is 42.3. The fraction of sp³-hybridized carbons (Fsp3) is 0.0357. The van der Waals surface area contributed by atoms with Crippen LogP contribution in [0.1, 0.15) is 11.1 Å². The maximum absolute atomic E-state index is 5.29. The smallest absolute Gasteiger partial charge is 0.166 e. The molecule has 0 saturated carbocycles. The third-order valence-corrected chi connectivity index (χ3v) is 11.4. The quantitative estimate of drug-likeness (QED) is 0.152. The fourth-order valence-electron chi connectivity index (χ4n) is 8.47. The molecule has 0 aliphatic carbocycles. The molecule has 3 aromatic heterocycles. The summed E-state index contributed by atoms with van der Waals surface area (Å²) in [7, 11) is 0. The molecule has 0 N–H and O–H groups in total. The van der Waals surface area contributed by atoms with Gasteiger partial charge in [0.2, 0.25) is 0 Å². The molecule has 0 fully saturated rings. The van der Waals surface area contributed by atoms with Crippen molar-refractivity contribution in [1.82, 2.24) is 34.5 Å². The second-order valence-electron chi connectivity index (χ2n) is 15.8. The Morgan fingerprint density at radius 3 is 1.21 bits per heavy atom. The van der Waals surface area contributed by atoms with Gasteiger partial charge in [0.05, 0.1) is 16.7 Å². The topological polar surface area (TPSA) is 82.3 Å². The lowest BCUT2D eigenvalue weighted by atomic mass is 9.99. The summed E-state index contributed by atoms with van der Waals surface area (Å²) in [5.74, 6) is 3.39. The monoisotopic (exact) mass is 809 g/mol. The first kappa shape index (κ1) is 37.6. The van der Waals surface area contributed by atoms with Crippen LogP contribution in [0.4, 0.5) is 0 Å². The average molecular weight is 810 g/mol. The lowest BCUT2D eigenvalue weighted by Crippen LogP contribution is -2.05. The highest BCUT2D eigenvalue weighted by molar-refractivity contribution is 6.10. The fourth-order valence-corrected chi connectivity index (χ4v) is 8.47. The average Bonchev–Trinajstić information content (AvgIpc) is 3.68. The van der Waals surface area contributed by atoms with Crippen molar-refractivity contribution in [3.05, 3.63) is 211 Å². The van der Waals surface area contributed by atoms with Crippen molar-refractivity contribution in [1.29, 1.82) is 0 Å². The summed E-state index contributed by atoms with van der Waals surface area (Å²) in [5.41, 5.74) is 13.0. The molecule has 0 aliphatic rings. The van der Waals surface area contributed by atoms with Crippen LogP contribution in [-0.4, -0.2) is 34.5 Å². The van der Waals surface area contributed by atoms with Crippen LogP contribution in [-0.2, 0) is 0 Å². The Morgan fingerprint density at radius 2 is 0.698 bits per heavy atom. The van der Waals surface area contributed by atoms with Crippen LogP contribution >= 0.6 is 0 Å². The molecule has 0 aliphatic heterocycles. The van der Waals surface area contributed by atoms with E-state index in [-0.39, 0.29) is 0 Å². The van der Waals surface area contributed by atoms with E-state index in [2.05, 4.69) is 97.3 Å². The van der Waals surface area contributed by atoms with E-state index >= 15 is 0 Å². The molecule has 11 aromatic rings. The zero-order valence-corrected chi connectivity index (χ0v) is 34.7. The van der Waals surface area contributed by atoms with Gasteiger partial charge in [-0.15, -0.1) is 0 Å². The maximum Gasteiger partial charge on any atom is 0.166 e. The third-order valence-electron chi connectivity index (χ3n) is 11.4. The molecular weight excluding hydrogens is 771 g/mol. The molecule has 0 amide bonds. The van der Waals surface area contributed by atoms with Gasteiger partial charge in [0.15, 0.2) is 34.9 Å². The predicted octanol–water partition coefficient (Wildman–Crippen LogP) is 13.4. The number of aromatic nitrogens is 7. The molecular formula is C56H39N7. The van der Waals surface area contributed by atoms with E-state index in [1.165, 1.54) is 16.7 Å². The summed E-state index contributed by atoms with van der Waals surface area (Å²) in [6, 6.07) is 68.8. The molecule has 63 heavy (non-hydrogen) atoms. The van der Waals surface area contributed by atoms with Crippen molar-refractivity contribution in [2.45, 2.75) is 13.8 Å². The molecule has 11 rings (SSSR count). The van der Waals surface area contributed by atoms with Gasteiger partial charge in [-0.05, 0) is 55.3 Å². The Balaban J connectivity index is 1.21. The van der Waals surface area contributed by atoms with Gasteiger partial charge in [0.25, 0.3) is 0 Å². The van der Waals surface area contributed by atoms with E-state index in [0.29, 0.717) is 34.9 Å². The van der Waals surface area contributed by atoms with E-state index in [1.54, 1.807) is 0 Å². The van der Waals surface area contributed by atoms with Gasteiger partial charge in [-0.25, -0.2) is 29.9 Å². The number of hydrogen-bond donors (Lipinski definition) is 0. The van der Waals surface area contributed by atoms with Crippen LogP contribution in [0, 0.1) is 13.8 Å². The number of para-hydroxylation sites is 1. The molecule has 0 spiro atoms. The van der Waals surface area contributed by atoms with Crippen molar-refractivity contribution >= 4 is 21.8 Å². The van der Waals surface area contributed by atoms with Crippen LogP contribution in [0.2, 0.25) is 0 Å². The lowest BCUT2D eigenvalue weighted by Gasteiger charge is -2.17. The van der Waals surface area contributed by atoms with Crippen LogP contribution in [0.5, 0.6) is 0 Å². The number of rotatable bonds is 8. The lowest BCUT2D eigenvalue weighted by molar-refractivity contribution is 1.06. The summed E-state index contributed by atoms with van der Waals surface area (Å²) in [4.78, 5) is 30.9. The Kier molecular flexibility index (Phi) is 9.47. The molecule has 8 aromatic carbocycles. The first-order valence-electron chi connectivity index (χ1n) is 21.0. The van der Waals surface area contributed by atoms with Gasteiger partial charge in [0.1, 0.15) is 0 Å². The van der Waals surface area contributed by atoms with Gasteiger partial charge in [0, 0.05) is 44.2 Å². The second-order valence-corrected chi connectivity index (χ2v) is 15.8. The molecule has 0 saturated heterocycles. The van der Waals surface area contributed by atoms with Crippen molar-refractivity contribution in [2.75, 3.05) is 0 Å². The van der Waals surface area contributed by atoms with Gasteiger partial charge in [-0.1, -0.05) is 181 Å². The molecule has 7 nitrogen and oxygen atoms in total. The largest absolute Gasteiger partial charge is 0.308 e. The number of aryl methyl sites for hydroxylation is 2. The third kappa shape index (κ3) is 7.21. The number of benzene rings is 8. The van der Waals surface area contributed by atoms with Crippen molar-refractivity contribution in [2.24, 2.45) is 0 Å². The Hall–Kier alpha value is -8.42. The molecule has 0 unspecified atom stereocenters. The van der Waals surface area contributed by atoms with Gasteiger partial charge < -0.3 is 4.57 Å². The predicted molar refractivity (Wildman–Crippen MR) is 255 cm³/mol. The van der Waals surface area contributed by atoms with E-state index in [1.807, 2.05) is 121 Å². The second kappa shape index (κ2) is 15.9. The van der Waals surface area contributed by atoms with Crippen molar-refractivity contribution < 1.29 is 0 Å². The zero-order valence-electron chi connectivity index (χ0n) is 34.7. The molecule has 0 atom stereocenters. The van der Waals surface area contributed by atoms with E-state index < -0.39 is 0 Å². The first-order valence-corrected chi connectivity index (χ1v) is 21.0. The summed E-state index contributed by atoms with van der Waals surface area (Å²) in [5, 5.41) is 2.30. The summed E-state index contributed by atoms with van der Waals surface area (Å²) < 4.78 is 2.35. The molecule has 298 valence electrons. The van der Waals surface area contributed by atoms with E-state index in [4.69, 9.17) is 29.9 Å². The normalized spacial score (nSPS) is 11.3. The number of nitrogens with zero attached hydrogens (tertiary/aromatic N) is 7. The maximum atomic E-state index is 5.29. The number of hydrogen-bond acceptors (Lipinski definition) is 6. The first-order chi connectivity index (χ1) is 31.0. The summed E-state index contributed by atoms with van der Waals surface area (Å²) in [6.07, 6.45) is 0. The molecule has 3 heterocycles. The Bertz CT molecular complexity index is 3320. The minimum atomic E-state index is 0.525. The van der Waals surface area contributed by atoms with Crippen molar-refractivity contribution in [3.8, 4) is 85.1 Å². The van der Waals surface area contributed by atoms with Crippen molar-refractivity contribution in [3.63, 3.8) is 0 Å². The Labute approximate surface area is 365 Å². The van der Waals surface area contributed by atoms with E-state index in [9.17, 15) is 0 Å². The summed E-state index contributed by atoms with van der Waals surface area (Å²) >= 11 is 0. The summed E-state index contributed by atoms with van der Waals surface area (Å²) in [6.45, 7) is 4.31. The Morgan fingerprint density at radius 1 is 0.286 bits per heavy atom. The van der Waals surface area contributed by atoms with Gasteiger partial charge in [-0.3, -0.25) is 0 Å². The van der Waals surface area contributed by atoms with Crippen LogP contribution in [0.25, 0.3) is 107 Å². The highest BCUT2D eigenvalue weighted by atomic mass is 15.1. The standard InChI is InChI=1S/C56H39N7/c1-36-31-37(2)33-44(32-36)42-27-29-46-45-25-15-16-26-48(45)63(50(46)35-42)49-30-28-43(55-59-51(38-17-7-3-8-18-38)57-52(60-55)39-19-9-4-10-20-39)34-47(49)56-61-53(40-21-11-5-12-22-40)58-54(62-56)41-23-13-6-14-24-41/h3-35H,1-2H3. The minimum Gasteiger partial charge on any atom is -0.308 e. The minimum absolute atomic E-state index is 0.525. The number of fused-ring (bicyclic) bond motifs is 3. The van der Waals surface area contributed by atoms with Gasteiger partial charge >= 0.3 is 0 Å². The van der Waals surface area contributed by atoms with E-state index in [0.717, 1.165) is 66.4 Å². The molecule has 0 radical (unpaired) electrons.